The lowest BCUT2D eigenvalue weighted by Gasteiger charge is -2.12. The number of nitrogens with one attached hydrogen (secondary N) is 1. The van der Waals surface area contributed by atoms with E-state index in [9.17, 15) is 8.42 Å². The van der Waals surface area contributed by atoms with Crippen molar-refractivity contribution in [3.63, 3.8) is 0 Å². The molecule has 4 rings (SSSR count). The highest BCUT2D eigenvalue weighted by atomic mass is 32.2. The molecule has 0 saturated heterocycles. The summed E-state index contributed by atoms with van der Waals surface area (Å²) in [5.41, 5.74) is 2.58. The largest absolute Gasteiger partial charge is 0.439 e. The summed E-state index contributed by atoms with van der Waals surface area (Å²) in [5.74, 6) is 1.16. The van der Waals surface area contributed by atoms with E-state index >= 15 is 0 Å². The van der Waals surface area contributed by atoms with Gasteiger partial charge in [-0.1, -0.05) is 74.5 Å². The molecule has 0 aliphatic carbocycles. The fraction of sp³-hybridized carbons (Fsp3) is 0.120. The molecule has 0 bridgehead atoms. The number of hydrogen-bond acceptors (Lipinski definition) is 5. The maximum Gasteiger partial charge on any atom is 0.264 e. The first-order valence-corrected chi connectivity index (χ1v) is 11.7. The minimum Gasteiger partial charge on any atom is -0.439 e. The van der Waals surface area contributed by atoms with Gasteiger partial charge in [-0.25, -0.2) is 18.1 Å². The van der Waals surface area contributed by atoms with Gasteiger partial charge in [-0.15, -0.1) is 0 Å². The normalized spacial score (nSPS) is 11.3. The number of sulfonamides is 1. The zero-order valence-electron chi connectivity index (χ0n) is 17.8. The van der Waals surface area contributed by atoms with Gasteiger partial charge in [-0.2, -0.15) is 4.98 Å². The van der Waals surface area contributed by atoms with Crippen LogP contribution in [0.15, 0.2) is 95.9 Å². The third-order valence-corrected chi connectivity index (χ3v) is 6.16. The molecular formula is C25H23N3O3S. The minimum atomic E-state index is -3.85. The van der Waals surface area contributed by atoms with Crippen molar-refractivity contribution in [2.75, 3.05) is 4.72 Å². The second-order valence-electron chi connectivity index (χ2n) is 7.53. The van der Waals surface area contributed by atoms with Crippen molar-refractivity contribution in [1.82, 2.24) is 9.97 Å². The molecule has 7 heteroatoms. The molecule has 6 nitrogen and oxygen atoms in total. The van der Waals surface area contributed by atoms with Gasteiger partial charge in [0.15, 0.2) is 0 Å². The summed E-state index contributed by atoms with van der Waals surface area (Å²) in [5, 5.41) is 0. The minimum absolute atomic E-state index is 0.0646. The molecule has 0 unspecified atom stereocenters. The molecule has 0 atom stereocenters. The Morgan fingerprint density at radius 3 is 2.06 bits per heavy atom. The van der Waals surface area contributed by atoms with E-state index in [1.807, 2.05) is 42.5 Å². The highest BCUT2D eigenvalue weighted by Gasteiger charge is 2.17. The van der Waals surface area contributed by atoms with Gasteiger partial charge in [0.2, 0.25) is 11.8 Å². The van der Waals surface area contributed by atoms with Crippen LogP contribution < -0.4 is 9.46 Å². The van der Waals surface area contributed by atoms with Crippen molar-refractivity contribution in [3.05, 3.63) is 96.6 Å². The van der Waals surface area contributed by atoms with E-state index in [-0.39, 0.29) is 16.7 Å². The summed E-state index contributed by atoms with van der Waals surface area (Å²) in [4.78, 5) is 8.86. The van der Waals surface area contributed by atoms with Crippen LogP contribution in [-0.4, -0.2) is 18.4 Å². The van der Waals surface area contributed by atoms with E-state index < -0.39 is 10.0 Å². The van der Waals surface area contributed by atoms with Crippen molar-refractivity contribution in [2.24, 2.45) is 0 Å². The molecule has 1 heterocycles. The molecule has 32 heavy (non-hydrogen) atoms. The highest BCUT2D eigenvalue weighted by Crippen LogP contribution is 2.28. The van der Waals surface area contributed by atoms with Gasteiger partial charge >= 0.3 is 0 Å². The molecule has 1 N–H and O–H groups in total. The number of nitrogens with zero attached hydrogens (tertiary/aromatic N) is 2. The molecule has 1 aromatic heterocycles. The van der Waals surface area contributed by atoms with E-state index in [1.165, 1.54) is 17.7 Å². The second-order valence-corrected chi connectivity index (χ2v) is 9.21. The molecule has 3 aromatic carbocycles. The van der Waals surface area contributed by atoms with E-state index in [4.69, 9.17) is 4.74 Å². The molecule has 162 valence electrons. The van der Waals surface area contributed by atoms with E-state index in [0.717, 1.165) is 5.56 Å². The van der Waals surface area contributed by atoms with Gasteiger partial charge in [0.05, 0.1) is 10.6 Å². The van der Waals surface area contributed by atoms with Crippen LogP contribution in [0.2, 0.25) is 0 Å². The van der Waals surface area contributed by atoms with Gasteiger partial charge < -0.3 is 4.74 Å². The highest BCUT2D eigenvalue weighted by molar-refractivity contribution is 7.92. The third kappa shape index (κ3) is 5.12. The first kappa shape index (κ1) is 21.5. The fourth-order valence-electron chi connectivity index (χ4n) is 3.10. The summed E-state index contributed by atoms with van der Waals surface area (Å²) in [6.07, 6.45) is 0. The molecular weight excluding hydrogens is 422 g/mol. The summed E-state index contributed by atoms with van der Waals surface area (Å²) in [6.45, 7) is 4.25. The van der Waals surface area contributed by atoms with Crippen LogP contribution in [0.1, 0.15) is 25.3 Å². The summed E-state index contributed by atoms with van der Waals surface area (Å²) in [6, 6.07) is 26.9. The number of rotatable bonds is 7. The molecule has 0 aliphatic rings. The van der Waals surface area contributed by atoms with Crippen molar-refractivity contribution in [1.29, 1.82) is 0 Å². The molecule has 4 aromatic rings. The van der Waals surface area contributed by atoms with E-state index in [1.54, 1.807) is 36.4 Å². The Morgan fingerprint density at radius 1 is 0.812 bits per heavy atom. The van der Waals surface area contributed by atoms with Crippen molar-refractivity contribution < 1.29 is 13.2 Å². The van der Waals surface area contributed by atoms with Crippen LogP contribution in [0.3, 0.4) is 0 Å². The molecule has 0 amide bonds. The molecule has 0 saturated carbocycles. The second kappa shape index (κ2) is 9.20. The monoisotopic (exact) mass is 445 g/mol. The van der Waals surface area contributed by atoms with Gasteiger partial charge in [0, 0.05) is 11.6 Å². The summed E-state index contributed by atoms with van der Waals surface area (Å²) < 4.78 is 34.0. The Hall–Kier alpha value is -3.71. The Morgan fingerprint density at radius 2 is 1.44 bits per heavy atom. The number of anilines is 1. The number of para-hydroxylation sites is 1. The topological polar surface area (TPSA) is 81.2 Å². The van der Waals surface area contributed by atoms with Crippen LogP contribution in [0.5, 0.6) is 11.6 Å². The molecule has 0 spiro atoms. The summed E-state index contributed by atoms with van der Waals surface area (Å²) >= 11 is 0. The van der Waals surface area contributed by atoms with Crippen molar-refractivity contribution >= 4 is 16.0 Å². The number of aromatic nitrogens is 2. The van der Waals surface area contributed by atoms with E-state index in [2.05, 4.69) is 28.5 Å². The molecule has 0 radical (unpaired) electrons. The van der Waals surface area contributed by atoms with E-state index in [0.29, 0.717) is 17.4 Å². The SMILES string of the molecule is CC(C)c1ccc(-c2cc(Oc3ccccc3)nc(NS(=O)(=O)c3ccccc3)n2)cc1. The summed E-state index contributed by atoms with van der Waals surface area (Å²) in [7, 11) is -3.85. The van der Waals surface area contributed by atoms with Crippen LogP contribution in [0.4, 0.5) is 5.95 Å². The lowest BCUT2D eigenvalue weighted by atomic mass is 10.0. The van der Waals surface area contributed by atoms with Crippen LogP contribution in [0.25, 0.3) is 11.3 Å². The zero-order chi connectivity index (χ0) is 22.6. The van der Waals surface area contributed by atoms with Crippen LogP contribution in [-0.2, 0) is 10.0 Å². The first-order chi connectivity index (χ1) is 15.4. The van der Waals surface area contributed by atoms with Gasteiger partial charge in [-0.3, -0.25) is 0 Å². The predicted molar refractivity (Wildman–Crippen MR) is 125 cm³/mol. The van der Waals surface area contributed by atoms with Gasteiger partial charge in [-0.05, 0) is 35.7 Å². The van der Waals surface area contributed by atoms with Crippen LogP contribution in [0, 0.1) is 0 Å². The zero-order valence-corrected chi connectivity index (χ0v) is 18.6. The van der Waals surface area contributed by atoms with Crippen molar-refractivity contribution in [3.8, 4) is 22.9 Å². The average molecular weight is 446 g/mol. The Labute approximate surface area is 188 Å². The first-order valence-electron chi connectivity index (χ1n) is 10.2. The average Bonchev–Trinajstić information content (AvgIpc) is 2.80. The Balaban J connectivity index is 1.73. The van der Waals surface area contributed by atoms with Gasteiger partial charge in [0.1, 0.15) is 5.75 Å². The number of ether oxygens (including phenoxy) is 1. The number of hydrogen-bond donors (Lipinski definition) is 1. The van der Waals surface area contributed by atoms with Crippen LogP contribution >= 0.6 is 0 Å². The number of benzene rings is 3. The van der Waals surface area contributed by atoms with Crippen molar-refractivity contribution in [2.45, 2.75) is 24.7 Å². The Kier molecular flexibility index (Phi) is 6.18. The standard InChI is InChI=1S/C25H23N3O3S/c1-18(2)19-13-15-20(16-14-19)23-17-24(31-21-9-5-3-6-10-21)27-25(26-23)28-32(29,30)22-11-7-4-8-12-22/h3-18H,1-2H3,(H,26,27,28). The third-order valence-electron chi connectivity index (χ3n) is 4.82. The maximum absolute atomic E-state index is 12.8. The maximum atomic E-state index is 12.8. The van der Waals surface area contributed by atoms with Gasteiger partial charge in [0.25, 0.3) is 10.0 Å². The fourth-order valence-corrected chi connectivity index (χ4v) is 4.06. The lowest BCUT2D eigenvalue weighted by Crippen LogP contribution is -2.15. The Bertz CT molecular complexity index is 1290. The lowest BCUT2D eigenvalue weighted by molar-refractivity contribution is 0.463. The quantitative estimate of drug-likeness (QED) is 0.385. The molecule has 0 aliphatic heterocycles. The molecule has 0 fully saturated rings. The predicted octanol–water partition coefficient (Wildman–Crippen LogP) is 5.86. The smallest absolute Gasteiger partial charge is 0.264 e.